The average Bonchev–Trinajstić information content (AvgIpc) is 3.43. The lowest BCUT2D eigenvalue weighted by atomic mass is 10.1. The van der Waals surface area contributed by atoms with Crippen LogP contribution in [0.3, 0.4) is 0 Å². The van der Waals surface area contributed by atoms with Crippen LogP contribution in [-0.4, -0.2) is 39.6 Å². The second-order valence-corrected chi connectivity index (χ2v) is 7.09. The van der Waals surface area contributed by atoms with E-state index in [1.54, 1.807) is 0 Å². The highest BCUT2D eigenvalue weighted by Crippen LogP contribution is 2.32. The van der Waals surface area contributed by atoms with Crippen LogP contribution >= 0.6 is 24.8 Å². The number of rotatable bonds is 6. The van der Waals surface area contributed by atoms with Gasteiger partial charge in [-0.25, -0.2) is 14.8 Å². The fourth-order valence-corrected chi connectivity index (χ4v) is 3.35. The molecule has 2 aromatic heterocycles. The summed E-state index contributed by atoms with van der Waals surface area (Å²) in [6, 6.07) is 0. The van der Waals surface area contributed by atoms with Crippen LogP contribution in [0.25, 0.3) is 0 Å². The normalized spacial score (nSPS) is 15.6. The van der Waals surface area contributed by atoms with Gasteiger partial charge >= 0.3 is 5.69 Å². The molecule has 0 bridgehead atoms. The Kier molecular flexibility index (Phi) is 8.03. The molecule has 28 heavy (non-hydrogen) atoms. The van der Waals surface area contributed by atoms with E-state index < -0.39 is 5.69 Å². The highest BCUT2D eigenvalue weighted by Gasteiger charge is 2.24. The van der Waals surface area contributed by atoms with Gasteiger partial charge in [-0.2, -0.15) is 0 Å². The Morgan fingerprint density at radius 1 is 1.11 bits per heavy atom. The van der Waals surface area contributed by atoms with Gasteiger partial charge in [-0.1, -0.05) is 0 Å². The molecular formula is C18H26Cl2N6O2. The highest BCUT2D eigenvalue weighted by molar-refractivity contribution is 5.85. The molecule has 0 unspecified atom stereocenters. The van der Waals surface area contributed by atoms with Crippen molar-refractivity contribution in [2.45, 2.75) is 38.5 Å². The number of aromatic amines is 2. The van der Waals surface area contributed by atoms with Crippen LogP contribution in [0.5, 0.6) is 0 Å². The Bertz CT molecular complexity index is 910. The van der Waals surface area contributed by atoms with E-state index in [2.05, 4.69) is 20.6 Å². The fraction of sp³-hybridized carbons (Fsp3) is 0.556. The van der Waals surface area contributed by atoms with Crippen molar-refractivity contribution in [2.75, 3.05) is 25.0 Å². The van der Waals surface area contributed by atoms with Gasteiger partial charge in [0.05, 0.1) is 5.69 Å². The van der Waals surface area contributed by atoms with Gasteiger partial charge in [0, 0.05) is 43.3 Å². The van der Waals surface area contributed by atoms with Crippen molar-refractivity contribution in [3.63, 3.8) is 0 Å². The van der Waals surface area contributed by atoms with Gasteiger partial charge in [0.25, 0.3) is 5.56 Å². The van der Waals surface area contributed by atoms with E-state index in [4.69, 9.17) is 9.97 Å². The fourth-order valence-electron chi connectivity index (χ4n) is 3.35. The maximum Gasteiger partial charge on any atom is 0.325 e. The number of fused-ring (bicyclic) bond motifs is 1. The predicted molar refractivity (Wildman–Crippen MR) is 113 cm³/mol. The molecule has 1 fully saturated rings. The van der Waals surface area contributed by atoms with Crippen molar-refractivity contribution in [1.29, 1.82) is 0 Å². The van der Waals surface area contributed by atoms with Crippen molar-refractivity contribution in [1.82, 2.24) is 25.3 Å². The summed E-state index contributed by atoms with van der Waals surface area (Å²) in [6.45, 7) is 2.44. The highest BCUT2D eigenvalue weighted by atomic mass is 35.5. The smallest absolute Gasteiger partial charge is 0.325 e. The third-order valence-electron chi connectivity index (χ3n) is 4.98. The number of anilines is 1. The molecule has 1 aliphatic carbocycles. The molecule has 1 aliphatic heterocycles. The molecule has 10 heteroatoms. The van der Waals surface area contributed by atoms with E-state index in [1.165, 1.54) is 24.6 Å². The molecule has 1 saturated carbocycles. The zero-order chi connectivity index (χ0) is 17.9. The molecule has 8 nitrogen and oxygen atoms in total. The molecule has 2 aliphatic rings. The first-order valence-corrected chi connectivity index (χ1v) is 9.33. The van der Waals surface area contributed by atoms with E-state index in [9.17, 15) is 9.59 Å². The molecule has 0 aromatic carbocycles. The minimum atomic E-state index is -0.481. The van der Waals surface area contributed by atoms with Crippen molar-refractivity contribution in [3.8, 4) is 0 Å². The second-order valence-electron chi connectivity index (χ2n) is 7.09. The van der Waals surface area contributed by atoms with Crippen molar-refractivity contribution < 1.29 is 0 Å². The molecule has 0 amide bonds. The summed E-state index contributed by atoms with van der Waals surface area (Å²) in [6.07, 6.45) is 7.33. The first-order chi connectivity index (χ1) is 12.7. The first-order valence-electron chi connectivity index (χ1n) is 9.33. The number of nitrogens with one attached hydrogen (secondary N) is 4. The summed E-state index contributed by atoms with van der Waals surface area (Å²) in [4.78, 5) is 37.3. The Labute approximate surface area is 175 Å². The van der Waals surface area contributed by atoms with E-state index in [-0.39, 0.29) is 30.4 Å². The molecule has 4 N–H and O–H groups in total. The Balaban J connectivity index is 0.00000140. The van der Waals surface area contributed by atoms with Gasteiger partial charge < -0.3 is 15.6 Å². The summed E-state index contributed by atoms with van der Waals surface area (Å²) in [5.74, 6) is 2.57. The van der Waals surface area contributed by atoms with Gasteiger partial charge in [0.1, 0.15) is 11.6 Å². The van der Waals surface area contributed by atoms with E-state index in [1.807, 2.05) is 0 Å². The lowest BCUT2D eigenvalue weighted by Gasteiger charge is -2.14. The monoisotopic (exact) mass is 428 g/mol. The summed E-state index contributed by atoms with van der Waals surface area (Å²) in [5, 5.41) is 6.82. The Hall–Kier alpha value is -1.90. The van der Waals surface area contributed by atoms with E-state index in [0.717, 1.165) is 55.6 Å². The molecule has 0 spiro atoms. The molecule has 3 heterocycles. The van der Waals surface area contributed by atoms with Crippen LogP contribution in [0.15, 0.2) is 15.8 Å². The van der Waals surface area contributed by atoms with E-state index >= 15 is 0 Å². The number of halogens is 2. The van der Waals surface area contributed by atoms with Crippen LogP contribution in [0.4, 0.5) is 5.82 Å². The van der Waals surface area contributed by atoms with Crippen LogP contribution < -0.4 is 21.9 Å². The lowest BCUT2D eigenvalue weighted by Crippen LogP contribution is -2.26. The molecule has 0 atom stereocenters. The van der Waals surface area contributed by atoms with Crippen molar-refractivity contribution >= 4 is 30.6 Å². The molecule has 4 rings (SSSR count). The van der Waals surface area contributed by atoms with Gasteiger partial charge in [-0.3, -0.25) is 9.78 Å². The molecule has 0 radical (unpaired) electrons. The maximum atomic E-state index is 11.8. The quantitative estimate of drug-likeness (QED) is 0.545. The van der Waals surface area contributed by atoms with Gasteiger partial charge in [-0.15, -0.1) is 24.8 Å². The Morgan fingerprint density at radius 3 is 2.64 bits per heavy atom. The van der Waals surface area contributed by atoms with Crippen LogP contribution in [0.1, 0.15) is 35.5 Å². The zero-order valence-corrected chi connectivity index (χ0v) is 17.2. The number of aromatic nitrogens is 4. The minimum Gasteiger partial charge on any atom is -0.369 e. The van der Waals surface area contributed by atoms with E-state index in [0.29, 0.717) is 18.5 Å². The minimum absolute atomic E-state index is 0. The molecule has 2 aromatic rings. The first kappa shape index (κ1) is 22.4. The zero-order valence-electron chi connectivity index (χ0n) is 15.5. The molecule has 154 valence electrons. The topological polar surface area (TPSA) is 116 Å². The van der Waals surface area contributed by atoms with Crippen LogP contribution in [-0.2, 0) is 25.7 Å². The summed E-state index contributed by atoms with van der Waals surface area (Å²) >= 11 is 0. The molecule has 0 saturated heterocycles. The third kappa shape index (κ3) is 5.56. The standard InChI is InChI=1S/C18H24N6O2.2ClH/c25-17-12(10-21-18(26)24-17)3-8-20-16-13-4-6-19-7-5-14(13)22-15(23-16)9-11-1-2-11;;/h10-11,19H,1-9H2,(H,20,22,23)(H2,21,24,25,26);2*1H. The van der Waals surface area contributed by atoms with Crippen molar-refractivity contribution in [3.05, 3.63) is 49.7 Å². The summed E-state index contributed by atoms with van der Waals surface area (Å²) in [5.41, 5.74) is 2.06. The molecular weight excluding hydrogens is 403 g/mol. The summed E-state index contributed by atoms with van der Waals surface area (Å²) < 4.78 is 0. The van der Waals surface area contributed by atoms with Gasteiger partial charge in [0.15, 0.2) is 0 Å². The Morgan fingerprint density at radius 2 is 1.89 bits per heavy atom. The average molecular weight is 429 g/mol. The SMILES string of the molecule is Cl.Cl.O=c1[nH]cc(CCNc2nc(CC3CC3)nc3c2CCNCC3)c(=O)[nH]1. The summed E-state index contributed by atoms with van der Waals surface area (Å²) in [7, 11) is 0. The number of hydrogen-bond donors (Lipinski definition) is 4. The van der Waals surface area contributed by atoms with Crippen LogP contribution in [0.2, 0.25) is 0 Å². The van der Waals surface area contributed by atoms with Crippen LogP contribution in [0, 0.1) is 5.92 Å². The second kappa shape index (κ2) is 10.0. The number of nitrogens with zero attached hydrogens (tertiary/aromatic N) is 2. The number of hydrogen-bond acceptors (Lipinski definition) is 6. The van der Waals surface area contributed by atoms with Gasteiger partial charge in [0.2, 0.25) is 0 Å². The lowest BCUT2D eigenvalue weighted by molar-refractivity contribution is 0.706. The van der Waals surface area contributed by atoms with Crippen molar-refractivity contribution in [2.24, 2.45) is 5.92 Å². The maximum absolute atomic E-state index is 11.8. The number of H-pyrrole nitrogens is 2. The van der Waals surface area contributed by atoms with Gasteiger partial charge in [-0.05, 0) is 38.1 Å². The third-order valence-corrected chi connectivity index (χ3v) is 4.98. The predicted octanol–water partition coefficient (Wildman–Crippen LogP) is 0.992. The largest absolute Gasteiger partial charge is 0.369 e.